The van der Waals surface area contributed by atoms with Crippen LogP contribution in [0.3, 0.4) is 0 Å². The Labute approximate surface area is 86.4 Å². The Balaban J connectivity index is 0. The van der Waals surface area contributed by atoms with Gasteiger partial charge in [-0.25, -0.2) is 0 Å². The minimum absolute atomic E-state index is 0. The van der Waals surface area contributed by atoms with Gasteiger partial charge in [-0.3, -0.25) is 0 Å². The largest absolute Gasteiger partial charge is 3.00 e. The third kappa shape index (κ3) is 8.83. The first-order valence-electron chi connectivity index (χ1n) is 0. The van der Waals surface area contributed by atoms with Gasteiger partial charge >= 0.3 is 81.9 Å². The van der Waals surface area contributed by atoms with Gasteiger partial charge in [-0.15, -0.1) is 0 Å². The Morgan fingerprint density at radius 2 is 0.500 bits per heavy atom. The first-order chi connectivity index (χ1) is 0. The molecule has 1 nitrogen and oxygen atoms in total. The summed E-state index contributed by atoms with van der Waals surface area (Å²) in [6.07, 6.45) is 0. The summed E-state index contributed by atoms with van der Waals surface area (Å²) < 4.78 is 0. The van der Waals surface area contributed by atoms with Crippen molar-refractivity contribution in [2.24, 2.45) is 0 Å². The van der Waals surface area contributed by atoms with Crippen molar-refractivity contribution in [3.05, 3.63) is 6.15 Å². The van der Waals surface area contributed by atoms with Gasteiger partial charge in [0.1, 0.15) is 0 Å². The molecule has 0 amide bonds. The van der Waals surface area contributed by atoms with Crippen LogP contribution in [-0.2, 0) is 0 Å². The molecule has 0 bridgehead atoms. The summed E-state index contributed by atoms with van der Waals surface area (Å²) in [5.41, 5.74) is 0. The van der Waals surface area contributed by atoms with Gasteiger partial charge in [-0.2, -0.15) is 0 Å². The first kappa shape index (κ1) is 29.7. The van der Waals surface area contributed by atoms with Crippen molar-refractivity contribution in [3.8, 4) is 0 Å². The van der Waals surface area contributed by atoms with E-state index in [-0.39, 0.29) is 88.0 Å². The van der Waals surface area contributed by atoms with Crippen molar-refractivity contribution in [2.75, 3.05) is 0 Å². The summed E-state index contributed by atoms with van der Waals surface area (Å²) in [4.78, 5) is 0. The zero-order valence-electron chi connectivity index (χ0n) is 2.18. The second-order valence-electron chi connectivity index (χ2n) is 0. The molecule has 0 spiro atoms. The van der Waals surface area contributed by atoms with E-state index in [0.29, 0.717) is 0 Å². The predicted molar refractivity (Wildman–Crippen MR) is 20.6 cm³/mol. The fourth-order valence-corrected chi connectivity index (χ4v) is 0. The van der Waals surface area contributed by atoms with Crippen LogP contribution in [0.25, 0.3) is 6.15 Å². The van der Waals surface area contributed by atoms with Gasteiger partial charge in [0.25, 0.3) is 0 Å². The molecule has 0 aliphatic rings. The van der Waals surface area contributed by atoms with E-state index in [0.717, 1.165) is 0 Å². The molecule has 0 heterocycles. The minimum atomic E-state index is 0. The van der Waals surface area contributed by atoms with Crippen LogP contribution < -0.4 is 0 Å². The Bertz CT molecular complexity index is 3.25. The summed E-state index contributed by atoms with van der Waals surface area (Å²) in [5, 5.41) is 0. The molecule has 0 aromatic carbocycles. The maximum Gasteiger partial charge on any atom is 1.00 e. The van der Waals surface area contributed by atoms with Crippen molar-refractivity contribution in [1.82, 2.24) is 0 Å². The Morgan fingerprint density at radius 3 is 0.500 bits per heavy atom. The van der Waals surface area contributed by atoms with E-state index < -0.39 is 0 Å². The zero-order chi connectivity index (χ0) is 0. The maximum absolute atomic E-state index is 0. The topological polar surface area (TPSA) is 30.5 Å². The van der Waals surface area contributed by atoms with E-state index in [4.69, 9.17) is 0 Å². The van der Waals surface area contributed by atoms with Crippen LogP contribution in [0.4, 0.5) is 0 Å². The van der Waals surface area contributed by atoms with E-state index in [2.05, 4.69) is 0 Å². The number of hydrogen-bond acceptors (Lipinski definition) is 0. The van der Waals surface area contributed by atoms with Gasteiger partial charge in [0.15, 0.2) is 0 Å². The van der Waals surface area contributed by atoms with Crippen molar-refractivity contribution in [3.63, 3.8) is 0 Å². The monoisotopic (exact) mass is 629 g/mol. The zero-order valence-corrected chi connectivity index (χ0v) is 15.6. The molecule has 0 saturated heterocycles. The average Bonchev–Trinajstić information content (AvgIpc) is 0. The van der Waals surface area contributed by atoms with E-state index >= 15 is 0 Å². The first-order valence-corrected chi connectivity index (χ1v) is 0. The molecule has 0 radical (unpaired) electrons. The molecule has 0 atom stereocenters. The molecule has 0 aromatic rings. The number of nitrogens with zero attached hydrogens (tertiary/aromatic N) is 1. The average molecular weight is 627 g/mol. The molecular formula is NTl3. The van der Waals surface area contributed by atoms with Gasteiger partial charge in [-0.1, -0.05) is 0 Å². The molecule has 0 aliphatic heterocycles. The maximum atomic E-state index is 0. The quantitative estimate of drug-likeness (QED) is 0.314. The molecule has 4 heavy (non-hydrogen) atoms. The van der Waals surface area contributed by atoms with Crippen LogP contribution in [0.5, 0.6) is 0 Å². The van der Waals surface area contributed by atoms with Gasteiger partial charge in [-0.05, 0) is 0 Å². The summed E-state index contributed by atoms with van der Waals surface area (Å²) in [7, 11) is 0. The van der Waals surface area contributed by atoms with E-state index in [1.807, 2.05) is 0 Å². The Hall–Kier alpha value is 2.73. The fourth-order valence-electron chi connectivity index (χ4n) is 0. The van der Waals surface area contributed by atoms with E-state index in [1.54, 1.807) is 0 Å². The van der Waals surface area contributed by atoms with Gasteiger partial charge in [0, 0.05) is 0 Å². The summed E-state index contributed by atoms with van der Waals surface area (Å²) >= 11 is 0. The van der Waals surface area contributed by atoms with Crippen molar-refractivity contribution >= 4 is 81.9 Å². The third-order valence-corrected chi connectivity index (χ3v) is 0. The summed E-state index contributed by atoms with van der Waals surface area (Å²) in [6.45, 7) is 0. The normalized spacial score (nSPS) is 0. The molecule has 4 heteroatoms. The Morgan fingerprint density at radius 1 is 0.500 bits per heavy atom. The van der Waals surface area contributed by atoms with Crippen molar-refractivity contribution < 1.29 is 0 Å². The van der Waals surface area contributed by atoms with Crippen molar-refractivity contribution in [1.29, 1.82) is 0 Å². The molecule has 0 aliphatic carbocycles. The molecule has 0 saturated carbocycles. The second kappa shape index (κ2) is 17.2. The van der Waals surface area contributed by atoms with Crippen LogP contribution in [0.2, 0.25) is 0 Å². The smallest absolute Gasteiger partial charge is 1.00 e. The minimum Gasteiger partial charge on any atom is -3.00 e. The van der Waals surface area contributed by atoms with Crippen molar-refractivity contribution in [2.45, 2.75) is 0 Å². The van der Waals surface area contributed by atoms with Gasteiger partial charge in [0.05, 0.1) is 0 Å². The van der Waals surface area contributed by atoms with Gasteiger partial charge in [0.2, 0.25) is 0 Å². The van der Waals surface area contributed by atoms with Crippen LogP contribution in [0.15, 0.2) is 0 Å². The number of rotatable bonds is 0. The predicted octanol–water partition coefficient (Wildman–Crippen LogP) is -0.854. The fraction of sp³-hybridized carbons (Fsp3) is 0. The SMILES string of the molecule is [N-3].[Tl+].[Tl+].[Tl+]. The van der Waals surface area contributed by atoms with Crippen LogP contribution in [-0.4, -0.2) is 81.9 Å². The molecule has 0 aromatic heterocycles. The van der Waals surface area contributed by atoms with Crippen LogP contribution in [0, 0.1) is 0 Å². The summed E-state index contributed by atoms with van der Waals surface area (Å²) in [5.74, 6) is 0. The molecule has 0 fully saturated rings. The molecular weight excluding hydrogens is 627 g/mol. The van der Waals surface area contributed by atoms with E-state index in [1.165, 1.54) is 0 Å². The third-order valence-electron chi connectivity index (χ3n) is 0. The molecule has 0 N–H and O–H groups in total. The molecule has 0 unspecified atom stereocenters. The van der Waals surface area contributed by atoms with Gasteiger partial charge < -0.3 is 6.15 Å². The number of hydrogen-bond donors (Lipinski definition) is 0. The van der Waals surface area contributed by atoms with Crippen LogP contribution >= 0.6 is 0 Å². The van der Waals surface area contributed by atoms with Crippen LogP contribution in [0.1, 0.15) is 0 Å². The molecule has 0 rings (SSSR count). The second-order valence-corrected chi connectivity index (χ2v) is 0. The van der Waals surface area contributed by atoms with E-state index in [9.17, 15) is 0 Å². The summed E-state index contributed by atoms with van der Waals surface area (Å²) in [6, 6.07) is 0. The Kier molecular flexibility index (Phi) is 128. The molecule has 14 valence electrons. The standard InChI is InChI=1S/N.3Tl/q-3;3*+1.